The standard InChI is InChI=1S/C16H19N5O7S/c1-16(2)8-9-6-5-7-10(11(9)28-16)21(29(23,24)25)15(22)19-12-17-13(26-3)20-14(18-12)27-4/h5-7H,8H2,1-4H3,(H,23,24,25)(H,17,18,19,20,22)/p-1. The molecule has 0 saturated heterocycles. The van der Waals surface area contributed by atoms with Gasteiger partial charge < -0.3 is 18.8 Å². The number of hydrogen-bond acceptors (Lipinski definition) is 10. The van der Waals surface area contributed by atoms with Crippen molar-refractivity contribution in [1.82, 2.24) is 15.0 Å². The lowest BCUT2D eigenvalue weighted by molar-refractivity contribution is 0.139. The largest absolute Gasteiger partial charge is 0.730 e. The van der Waals surface area contributed by atoms with Crippen LogP contribution in [0.2, 0.25) is 0 Å². The minimum absolute atomic E-state index is 0.0516. The molecule has 0 saturated carbocycles. The number of ether oxygens (including phenoxy) is 3. The van der Waals surface area contributed by atoms with Crippen LogP contribution in [0.25, 0.3) is 0 Å². The van der Waals surface area contributed by atoms with Gasteiger partial charge in [-0.15, -0.1) is 4.98 Å². The Labute approximate surface area is 166 Å². The number of fused-ring (bicyclic) bond motifs is 1. The van der Waals surface area contributed by atoms with Gasteiger partial charge in [0, 0.05) is 12.0 Å². The number of para-hydroxylation sites is 1. The highest BCUT2D eigenvalue weighted by Gasteiger charge is 2.36. The van der Waals surface area contributed by atoms with E-state index in [0.717, 1.165) is 0 Å². The molecule has 0 radical (unpaired) electrons. The summed E-state index contributed by atoms with van der Waals surface area (Å²) in [7, 11) is -2.71. The Morgan fingerprint density at radius 3 is 2.38 bits per heavy atom. The number of amides is 2. The van der Waals surface area contributed by atoms with Crippen LogP contribution in [-0.4, -0.2) is 53.8 Å². The van der Waals surface area contributed by atoms with Crippen LogP contribution < -0.4 is 23.8 Å². The summed E-state index contributed by atoms with van der Waals surface area (Å²) >= 11 is 0. The molecule has 0 spiro atoms. The third kappa shape index (κ3) is 4.30. The van der Waals surface area contributed by atoms with Gasteiger partial charge in [0.05, 0.1) is 14.2 Å². The van der Waals surface area contributed by atoms with Crippen LogP contribution in [-0.2, 0) is 16.7 Å². The molecular weight excluding hydrogens is 406 g/mol. The number of urea groups is 1. The number of carbonyl (C=O) groups is 1. The molecule has 0 unspecified atom stereocenters. The SMILES string of the molecule is COc1nc(NC(=O)N(c2cccc3c2OC(C)(C)C3)S(=O)(=O)[O-])nc(OC)n1. The van der Waals surface area contributed by atoms with Crippen molar-refractivity contribution >= 4 is 28.0 Å². The van der Waals surface area contributed by atoms with Crippen LogP contribution in [0.5, 0.6) is 17.8 Å². The van der Waals surface area contributed by atoms with Gasteiger partial charge in [-0.3, -0.25) is 5.32 Å². The molecule has 13 heteroatoms. The minimum atomic E-state index is -5.27. The van der Waals surface area contributed by atoms with Crippen LogP contribution in [0.4, 0.5) is 16.4 Å². The van der Waals surface area contributed by atoms with Crippen LogP contribution in [0, 0.1) is 0 Å². The Hall–Kier alpha value is -3.19. The van der Waals surface area contributed by atoms with Gasteiger partial charge in [0.15, 0.2) is 10.3 Å². The topological polar surface area (TPSA) is 156 Å². The predicted molar refractivity (Wildman–Crippen MR) is 99.0 cm³/mol. The quantitative estimate of drug-likeness (QED) is 0.689. The van der Waals surface area contributed by atoms with Gasteiger partial charge in [0.2, 0.25) is 5.95 Å². The Morgan fingerprint density at radius 1 is 1.21 bits per heavy atom. The molecule has 2 amide bonds. The third-order valence-corrected chi connectivity index (χ3v) is 4.69. The average molecular weight is 424 g/mol. The zero-order valence-corrected chi connectivity index (χ0v) is 16.8. The molecule has 0 bridgehead atoms. The maximum atomic E-state index is 12.7. The summed E-state index contributed by atoms with van der Waals surface area (Å²) < 4.78 is 51.3. The van der Waals surface area contributed by atoms with Crippen molar-refractivity contribution in [2.75, 3.05) is 23.8 Å². The van der Waals surface area contributed by atoms with E-state index >= 15 is 0 Å². The fourth-order valence-electron chi connectivity index (χ4n) is 2.81. The number of methoxy groups -OCH3 is 2. The number of rotatable bonds is 5. The zero-order valence-electron chi connectivity index (χ0n) is 16.0. The fraction of sp³-hybridized carbons (Fsp3) is 0.375. The first-order valence-corrected chi connectivity index (χ1v) is 9.62. The second-order valence-electron chi connectivity index (χ2n) is 6.59. The van der Waals surface area contributed by atoms with Gasteiger partial charge in [-0.1, -0.05) is 12.1 Å². The molecule has 2 aromatic rings. The summed E-state index contributed by atoms with van der Waals surface area (Å²) in [4.78, 5) is 24.0. The fourth-order valence-corrected chi connectivity index (χ4v) is 3.45. The number of nitrogens with one attached hydrogen (secondary N) is 1. The first kappa shape index (κ1) is 20.5. The highest BCUT2D eigenvalue weighted by molar-refractivity contribution is 7.88. The first-order chi connectivity index (χ1) is 13.5. The van der Waals surface area contributed by atoms with E-state index in [1.807, 2.05) is 0 Å². The van der Waals surface area contributed by atoms with Gasteiger partial charge in [-0.2, -0.15) is 14.3 Å². The summed E-state index contributed by atoms with van der Waals surface area (Å²) in [5.74, 6) is -0.237. The number of hydrogen-bond donors (Lipinski definition) is 1. The second kappa shape index (κ2) is 7.33. The lowest BCUT2D eigenvalue weighted by Gasteiger charge is -2.27. The molecule has 1 N–H and O–H groups in total. The second-order valence-corrected chi connectivity index (χ2v) is 7.81. The van der Waals surface area contributed by atoms with E-state index in [4.69, 9.17) is 14.2 Å². The molecule has 1 aromatic heterocycles. The number of nitrogens with zero attached hydrogens (tertiary/aromatic N) is 4. The molecule has 3 rings (SSSR count). The summed E-state index contributed by atoms with van der Waals surface area (Å²) in [6, 6.07) is 2.87. The van der Waals surface area contributed by atoms with Crippen molar-refractivity contribution in [3.63, 3.8) is 0 Å². The minimum Gasteiger partial charge on any atom is -0.730 e. The Kier molecular flexibility index (Phi) is 5.19. The predicted octanol–water partition coefficient (Wildman–Crippen LogP) is 1.10. The molecule has 0 aliphatic carbocycles. The summed E-state index contributed by atoms with van der Waals surface area (Å²) in [5, 5.41) is 2.14. The number of benzene rings is 1. The summed E-state index contributed by atoms with van der Waals surface area (Å²) in [6.07, 6.45) is 0.479. The van der Waals surface area contributed by atoms with Gasteiger partial charge in [0.1, 0.15) is 17.0 Å². The average Bonchev–Trinajstić information content (AvgIpc) is 2.95. The van der Waals surface area contributed by atoms with E-state index in [0.29, 0.717) is 12.0 Å². The highest BCUT2D eigenvalue weighted by atomic mass is 32.2. The van der Waals surface area contributed by atoms with Crippen molar-refractivity contribution in [2.24, 2.45) is 0 Å². The van der Waals surface area contributed by atoms with Gasteiger partial charge in [0.25, 0.3) is 0 Å². The van der Waals surface area contributed by atoms with E-state index in [2.05, 4.69) is 20.3 Å². The lowest BCUT2D eigenvalue weighted by atomic mass is 10.0. The maximum Gasteiger partial charge on any atom is 0.341 e. The van der Waals surface area contributed by atoms with E-state index in [-0.39, 0.29) is 33.7 Å². The van der Waals surface area contributed by atoms with Crippen molar-refractivity contribution in [1.29, 1.82) is 0 Å². The lowest BCUT2D eigenvalue weighted by Crippen LogP contribution is -2.40. The van der Waals surface area contributed by atoms with Crippen molar-refractivity contribution in [3.8, 4) is 17.8 Å². The van der Waals surface area contributed by atoms with Crippen molar-refractivity contribution < 1.29 is 32.0 Å². The molecule has 2 heterocycles. The van der Waals surface area contributed by atoms with Crippen molar-refractivity contribution in [3.05, 3.63) is 23.8 Å². The van der Waals surface area contributed by atoms with E-state index < -0.39 is 21.9 Å². The zero-order chi connectivity index (χ0) is 21.4. The molecule has 156 valence electrons. The molecule has 1 aliphatic heterocycles. The summed E-state index contributed by atoms with van der Waals surface area (Å²) in [5.41, 5.74) is -0.173. The van der Waals surface area contributed by atoms with E-state index in [1.54, 1.807) is 19.9 Å². The van der Waals surface area contributed by atoms with Crippen LogP contribution in [0.1, 0.15) is 19.4 Å². The highest BCUT2D eigenvalue weighted by Crippen LogP contribution is 2.42. The molecule has 1 aliphatic rings. The normalized spacial score (nSPS) is 14.5. The Bertz CT molecular complexity index is 1040. The smallest absolute Gasteiger partial charge is 0.341 e. The molecular formula is C16H18N5O7S-. The van der Waals surface area contributed by atoms with E-state index in [9.17, 15) is 17.8 Å². The van der Waals surface area contributed by atoms with Crippen molar-refractivity contribution in [2.45, 2.75) is 25.9 Å². The molecule has 0 atom stereocenters. The number of aromatic nitrogens is 3. The van der Waals surface area contributed by atoms with Gasteiger partial charge >= 0.3 is 18.1 Å². The Balaban J connectivity index is 2.01. The monoisotopic (exact) mass is 424 g/mol. The third-order valence-electron chi connectivity index (χ3n) is 3.88. The molecule has 0 fully saturated rings. The molecule has 29 heavy (non-hydrogen) atoms. The number of carbonyl (C=O) groups excluding carboxylic acids is 1. The van der Waals surface area contributed by atoms with Gasteiger partial charge in [-0.05, 0) is 19.9 Å². The Morgan fingerprint density at radius 2 is 1.83 bits per heavy atom. The van der Waals surface area contributed by atoms with Crippen LogP contribution >= 0.6 is 0 Å². The maximum absolute atomic E-state index is 12.7. The summed E-state index contributed by atoms with van der Waals surface area (Å²) in [6.45, 7) is 3.60. The van der Waals surface area contributed by atoms with Crippen LogP contribution in [0.15, 0.2) is 18.2 Å². The van der Waals surface area contributed by atoms with Gasteiger partial charge in [-0.25, -0.2) is 13.2 Å². The molecule has 12 nitrogen and oxygen atoms in total. The van der Waals surface area contributed by atoms with E-state index in [1.165, 1.54) is 26.4 Å². The van der Waals surface area contributed by atoms with Crippen LogP contribution in [0.3, 0.4) is 0 Å². The number of anilines is 2. The first-order valence-electron chi connectivity index (χ1n) is 8.26. The molecule has 1 aromatic carbocycles.